The molecule has 4 saturated carbocycles. The maximum atomic E-state index is 11.7. The van der Waals surface area contributed by atoms with Gasteiger partial charge in [0.2, 0.25) is 0 Å². The Bertz CT molecular complexity index is 759. The van der Waals surface area contributed by atoms with Gasteiger partial charge in [0.15, 0.2) is 0 Å². The molecule has 0 saturated heterocycles. The van der Waals surface area contributed by atoms with Gasteiger partial charge in [0.25, 0.3) is 19.4 Å². The maximum Gasteiger partial charge on any atom is 0.293 e. The minimum Gasteiger partial charge on any atom is -0.465 e. The molecule has 0 aromatic rings. The van der Waals surface area contributed by atoms with Gasteiger partial charge in [-0.15, -0.1) is 0 Å². The minimum absolute atomic E-state index is 0.0353. The molecule has 1 unspecified atom stereocenters. The lowest BCUT2D eigenvalue weighted by Crippen LogP contribution is -2.65. The number of rotatable bonds is 9. The Hall–Kier alpha value is -1.67. The molecule has 4 fully saturated rings. The Kier molecular flexibility index (Phi) is 7.30. The van der Waals surface area contributed by atoms with E-state index in [1.165, 1.54) is 0 Å². The fourth-order valence-electron chi connectivity index (χ4n) is 9.18. The van der Waals surface area contributed by atoms with Crippen molar-refractivity contribution >= 4 is 19.4 Å². The van der Waals surface area contributed by atoms with Crippen molar-refractivity contribution in [2.75, 3.05) is 6.61 Å². The molecular weight excluding hydrogens is 440 g/mol. The first-order chi connectivity index (χ1) is 16.3. The van der Waals surface area contributed by atoms with Crippen molar-refractivity contribution in [3.63, 3.8) is 0 Å². The first kappa shape index (κ1) is 25.4. The second-order valence-corrected chi connectivity index (χ2v) is 11.8. The highest BCUT2D eigenvalue weighted by Crippen LogP contribution is 2.69. The van der Waals surface area contributed by atoms with Gasteiger partial charge in [-0.3, -0.25) is 14.4 Å². The van der Waals surface area contributed by atoms with E-state index in [9.17, 15) is 24.6 Å². The van der Waals surface area contributed by atoms with Crippen molar-refractivity contribution in [1.29, 1.82) is 0 Å². The normalized spacial score (nSPS) is 47.2. The van der Waals surface area contributed by atoms with Crippen molar-refractivity contribution < 1.29 is 38.8 Å². The SMILES string of the molecule is C[C@H](C(O)CO)[C@H]1CC[C@H]2[C@@H]3[C@H](OC=O)[C@@H](OC=O)[C@@H]4C[C@H](OC=O)CC[C@]4(C)[C@H]3CC[C@]12C. The largest absolute Gasteiger partial charge is 0.465 e. The number of fused-ring (bicyclic) bond motifs is 5. The van der Waals surface area contributed by atoms with E-state index < -0.39 is 18.3 Å². The Balaban J connectivity index is 1.72. The van der Waals surface area contributed by atoms with E-state index in [-0.39, 0.29) is 53.1 Å². The monoisotopic (exact) mass is 480 g/mol. The van der Waals surface area contributed by atoms with Crippen LogP contribution in [0.1, 0.15) is 65.7 Å². The summed E-state index contributed by atoms with van der Waals surface area (Å²) in [7, 11) is 0. The number of aliphatic hydroxyl groups is 2. The quantitative estimate of drug-likeness (QED) is 0.382. The van der Waals surface area contributed by atoms with Crippen molar-refractivity contribution in [3.8, 4) is 0 Å². The van der Waals surface area contributed by atoms with Crippen molar-refractivity contribution in [2.24, 2.45) is 46.3 Å². The summed E-state index contributed by atoms with van der Waals surface area (Å²) in [6, 6.07) is 0. The first-order valence-electron chi connectivity index (χ1n) is 12.8. The second-order valence-electron chi connectivity index (χ2n) is 11.8. The second kappa shape index (κ2) is 9.76. The molecule has 34 heavy (non-hydrogen) atoms. The van der Waals surface area contributed by atoms with E-state index in [0.717, 1.165) is 38.5 Å². The minimum atomic E-state index is -0.757. The number of hydrogen-bond donors (Lipinski definition) is 2. The van der Waals surface area contributed by atoms with Crippen LogP contribution >= 0.6 is 0 Å². The maximum absolute atomic E-state index is 11.7. The highest BCUT2D eigenvalue weighted by molar-refractivity contribution is 5.41. The molecule has 0 aromatic heterocycles. The Morgan fingerprint density at radius 2 is 1.47 bits per heavy atom. The van der Waals surface area contributed by atoms with Crippen LogP contribution in [-0.2, 0) is 28.6 Å². The molecule has 0 aromatic carbocycles. The molecule has 4 rings (SSSR count). The van der Waals surface area contributed by atoms with E-state index in [1.807, 2.05) is 6.92 Å². The predicted octanol–water partition coefficient (Wildman–Crippen LogP) is 2.48. The molecular formula is C26H40O8. The zero-order valence-electron chi connectivity index (χ0n) is 20.5. The van der Waals surface area contributed by atoms with Gasteiger partial charge in [-0.25, -0.2) is 0 Å². The number of hydrogen-bond acceptors (Lipinski definition) is 8. The molecule has 4 aliphatic rings. The van der Waals surface area contributed by atoms with Crippen LogP contribution < -0.4 is 0 Å². The molecule has 8 nitrogen and oxygen atoms in total. The highest BCUT2D eigenvalue weighted by atomic mass is 16.6. The van der Waals surface area contributed by atoms with Crippen molar-refractivity contribution in [1.82, 2.24) is 0 Å². The third kappa shape index (κ3) is 3.85. The molecule has 4 aliphatic carbocycles. The zero-order valence-corrected chi connectivity index (χ0v) is 20.5. The first-order valence-corrected chi connectivity index (χ1v) is 12.8. The molecule has 0 heterocycles. The number of carbonyl (C=O) groups is 3. The lowest BCUT2D eigenvalue weighted by Gasteiger charge is -2.64. The van der Waals surface area contributed by atoms with Crippen LogP contribution in [0.25, 0.3) is 0 Å². The molecule has 0 bridgehead atoms. The summed E-state index contributed by atoms with van der Waals surface area (Å²) >= 11 is 0. The van der Waals surface area contributed by atoms with Crippen LogP contribution in [0.15, 0.2) is 0 Å². The van der Waals surface area contributed by atoms with Crippen LogP contribution in [0, 0.1) is 46.3 Å². The van der Waals surface area contributed by atoms with Crippen LogP contribution in [0.2, 0.25) is 0 Å². The number of ether oxygens (including phenoxy) is 3. The van der Waals surface area contributed by atoms with Crippen LogP contribution in [0.4, 0.5) is 0 Å². The summed E-state index contributed by atoms with van der Waals surface area (Å²) in [6.45, 7) is 7.76. The van der Waals surface area contributed by atoms with E-state index in [0.29, 0.717) is 31.8 Å². The van der Waals surface area contributed by atoms with Gasteiger partial charge < -0.3 is 24.4 Å². The van der Waals surface area contributed by atoms with Crippen molar-refractivity contribution in [2.45, 2.75) is 90.1 Å². The van der Waals surface area contributed by atoms with Crippen molar-refractivity contribution in [3.05, 3.63) is 0 Å². The topological polar surface area (TPSA) is 119 Å². The third-order valence-corrected chi connectivity index (χ3v) is 10.8. The Morgan fingerprint density at radius 1 is 0.853 bits per heavy atom. The van der Waals surface area contributed by atoms with E-state index in [2.05, 4.69) is 13.8 Å². The average Bonchev–Trinajstić information content (AvgIpc) is 3.18. The van der Waals surface area contributed by atoms with Gasteiger partial charge in [-0.2, -0.15) is 0 Å². The van der Waals surface area contributed by atoms with E-state index in [1.54, 1.807) is 0 Å². The number of carbonyl (C=O) groups excluding carboxylic acids is 3. The van der Waals surface area contributed by atoms with Gasteiger partial charge in [0.05, 0.1) is 12.7 Å². The lowest BCUT2D eigenvalue weighted by atomic mass is 9.43. The summed E-state index contributed by atoms with van der Waals surface area (Å²) in [5.74, 6) is 0.744. The van der Waals surface area contributed by atoms with E-state index >= 15 is 0 Å². The lowest BCUT2D eigenvalue weighted by molar-refractivity contribution is -0.235. The molecule has 0 aliphatic heterocycles. The molecule has 2 N–H and O–H groups in total. The summed E-state index contributed by atoms with van der Waals surface area (Å²) in [5, 5.41) is 20.0. The van der Waals surface area contributed by atoms with Crippen LogP contribution in [0.5, 0.6) is 0 Å². The van der Waals surface area contributed by atoms with Gasteiger partial charge in [0, 0.05) is 11.8 Å². The fraction of sp³-hybridized carbons (Fsp3) is 0.885. The molecule has 0 amide bonds. The molecule has 8 heteroatoms. The van der Waals surface area contributed by atoms with Crippen LogP contribution in [-0.4, -0.2) is 60.7 Å². The summed E-state index contributed by atoms with van der Waals surface area (Å²) in [5.41, 5.74) is -0.187. The smallest absolute Gasteiger partial charge is 0.293 e. The highest BCUT2D eigenvalue weighted by Gasteiger charge is 2.67. The van der Waals surface area contributed by atoms with Gasteiger partial charge in [-0.1, -0.05) is 20.8 Å². The predicted molar refractivity (Wildman–Crippen MR) is 121 cm³/mol. The third-order valence-electron chi connectivity index (χ3n) is 10.8. The molecule has 192 valence electrons. The summed E-state index contributed by atoms with van der Waals surface area (Å²) in [4.78, 5) is 34.3. The number of aliphatic hydroxyl groups excluding tert-OH is 2. The summed E-state index contributed by atoms with van der Waals surface area (Å²) in [6.07, 6.45) is 3.96. The Labute approximate surface area is 201 Å². The summed E-state index contributed by atoms with van der Waals surface area (Å²) < 4.78 is 16.8. The molecule has 12 atom stereocenters. The average molecular weight is 481 g/mol. The van der Waals surface area contributed by atoms with Gasteiger partial charge in [-0.05, 0) is 79.4 Å². The van der Waals surface area contributed by atoms with Gasteiger partial charge in [0.1, 0.15) is 18.3 Å². The molecule has 0 spiro atoms. The molecule has 0 radical (unpaired) electrons. The Morgan fingerprint density at radius 3 is 2.12 bits per heavy atom. The van der Waals surface area contributed by atoms with Gasteiger partial charge >= 0.3 is 0 Å². The zero-order chi connectivity index (χ0) is 24.7. The standard InChI is InChI=1S/C26H40O8/c1-15(21(31)11-27)17-4-5-18-22-19(7-9-25(17,18)2)26(3)8-6-16(32-12-28)10-20(26)23(33-13-29)24(22)34-14-30/h12-24,27,31H,4-11H2,1-3H3/t15-,16+,17+,18-,19-,20-,21?,22-,23-,24-,25+,26+/m0/s1. The van der Waals surface area contributed by atoms with E-state index in [4.69, 9.17) is 14.2 Å². The fourth-order valence-corrected chi connectivity index (χ4v) is 9.18. The van der Waals surface area contributed by atoms with Crippen LogP contribution in [0.3, 0.4) is 0 Å².